The molecule has 11 heteroatoms. The lowest BCUT2D eigenvalue weighted by Crippen LogP contribution is -2.40. The van der Waals surface area contributed by atoms with Crippen LogP contribution >= 0.6 is 22.9 Å². The van der Waals surface area contributed by atoms with Crippen LogP contribution in [0.2, 0.25) is 5.02 Å². The molecule has 178 valence electrons. The number of sulfonamides is 1. The Kier molecular flexibility index (Phi) is 6.24. The first-order valence-electron chi connectivity index (χ1n) is 10.8. The van der Waals surface area contributed by atoms with Crippen molar-refractivity contribution in [1.29, 1.82) is 0 Å². The monoisotopic (exact) mass is 519 g/mol. The van der Waals surface area contributed by atoms with Crippen LogP contribution in [-0.4, -0.2) is 49.0 Å². The third kappa shape index (κ3) is 4.15. The van der Waals surface area contributed by atoms with E-state index in [1.54, 1.807) is 6.08 Å². The van der Waals surface area contributed by atoms with Crippen molar-refractivity contribution in [2.24, 2.45) is 4.99 Å². The van der Waals surface area contributed by atoms with Gasteiger partial charge in [-0.1, -0.05) is 29.0 Å². The minimum absolute atomic E-state index is 0.103. The van der Waals surface area contributed by atoms with E-state index in [1.807, 2.05) is 16.7 Å². The van der Waals surface area contributed by atoms with E-state index in [1.165, 1.54) is 39.9 Å². The zero-order valence-electron chi connectivity index (χ0n) is 18.1. The maximum atomic E-state index is 13.3. The molecule has 0 bridgehead atoms. The van der Waals surface area contributed by atoms with Gasteiger partial charge in [0.25, 0.3) is 5.91 Å². The Morgan fingerprint density at radius 1 is 1.21 bits per heavy atom. The first kappa shape index (κ1) is 23.1. The molecular weight excluding hydrogens is 498 g/mol. The van der Waals surface area contributed by atoms with E-state index in [0.29, 0.717) is 53.9 Å². The third-order valence-electron chi connectivity index (χ3n) is 5.77. The summed E-state index contributed by atoms with van der Waals surface area (Å²) in [6, 6.07) is 8.84. The van der Waals surface area contributed by atoms with Crippen LogP contribution in [0.4, 0.5) is 0 Å². The van der Waals surface area contributed by atoms with Gasteiger partial charge in [-0.3, -0.25) is 4.79 Å². The summed E-state index contributed by atoms with van der Waals surface area (Å²) in [5, 5.41) is 0.442. The fourth-order valence-corrected chi connectivity index (χ4v) is 7.01. The minimum atomic E-state index is -3.86. The lowest BCUT2D eigenvalue weighted by molar-refractivity contribution is -0.121. The van der Waals surface area contributed by atoms with Crippen molar-refractivity contribution >= 4 is 49.1 Å². The highest BCUT2D eigenvalue weighted by molar-refractivity contribution is 7.89. The molecule has 1 fully saturated rings. The molecule has 5 rings (SSSR count). The number of halogens is 1. The van der Waals surface area contributed by atoms with Crippen LogP contribution < -0.4 is 14.3 Å². The van der Waals surface area contributed by atoms with Crippen LogP contribution in [0.5, 0.6) is 11.5 Å². The maximum absolute atomic E-state index is 13.3. The smallest absolute Gasteiger partial charge is 0.266 e. The van der Waals surface area contributed by atoms with Crippen molar-refractivity contribution in [2.45, 2.75) is 30.3 Å². The molecular formula is C23H22ClN3O5S2. The van der Waals surface area contributed by atoms with Crippen LogP contribution in [0, 0.1) is 0 Å². The van der Waals surface area contributed by atoms with Crippen LogP contribution in [0.1, 0.15) is 12.8 Å². The summed E-state index contributed by atoms with van der Waals surface area (Å²) in [6.45, 7) is 5.46. The van der Waals surface area contributed by atoms with E-state index in [9.17, 15) is 13.2 Å². The number of nitrogens with zero attached hydrogens (tertiary/aromatic N) is 3. The van der Waals surface area contributed by atoms with Crippen molar-refractivity contribution < 1.29 is 22.7 Å². The Hall–Kier alpha value is -2.66. The normalized spacial score (nSPS) is 19.0. The van der Waals surface area contributed by atoms with Gasteiger partial charge in [-0.05, 0) is 37.1 Å². The highest BCUT2D eigenvalue weighted by atomic mass is 35.5. The van der Waals surface area contributed by atoms with Crippen LogP contribution in [0.15, 0.2) is 58.9 Å². The van der Waals surface area contributed by atoms with Gasteiger partial charge in [-0.2, -0.15) is 9.30 Å². The first-order chi connectivity index (χ1) is 16.4. The molecule has 0 spiro atoms. The Bertz CT molecular complexity index is 1440. The number of carbonyl (C=O) groups is 1. The number of carbonyl (C=O) groups excluding carboxylic acids is 1. The Morgan fingerprint density at radius 3 is 2.62 bits per heavy atom. The molecule has 1 amide bonds. The molecule has 2 aromatic carbocycles. The second-order valence-corrected chi connectivity index (χ2v) is 11.3. The van der Waals surface area contributed by atoms with E-state index in [-0.39, 0.29) is 11.4 Å². The topological polar surface area (TPSA) is 90.2 Å². The molecule has 0 radical (unpaired) electrons. The summed E-state index contributed by atoms with van der Waals surface area (Å²) in [4.78, 5) is 18.2. The molecule has 1 aromatic heterocycles. The van der Waals surface area contributed by atoms with Gasteiger partial charge in [0.15, 0.2) is 16.3 Å². The molecule has 8 nitrogen and oxygen atoms in total. The predicted molar refractivity (Wildman–Crippen MR) is 130 cm³/mol. The number of benzene rings is 2. The summed E-state index contributed by atoms with van der Waals surface area (Å²) in [7, 11) is -3.86. The van der Waals surface area contributed by atoms with Gasteiger partial charge < -0.3 is 14.0 Å². The zero-order valence-corrected chi connectivity index (χ0v) is 20.5. The van der Waals surface area contributed by atoms with Gasteiger partial charge >= 0.3 is 0 Å². The van der Waals surface area contributed by atoms with Crippen molar-refractivity contribution in [1.82, 2.24) is 8.87 Å². The lowest BCUT2D eigenvalue weighted by atomic mass is 10.2. The number of amides is 1. The van der Waals surface area contributed by atoms with Crippen molar-refractivity contribution in [2.75, 3.05) is 19.8 Å². The molecule has 2 aliphatic rings. The zero-order chi connectivity index (χ0) is 23.9. The predicted octanol–water partition coefficient (Wildman–Crippen LogP) is 3.59. The van der Waals surface area contributed by atoms with Crippen LogP contribution in [-0.2, 0) is 21.4 Å². The van der Waals surface area contributed by atoms with Gasteiger partial charge in [0.05, 0.1) is 15.1 Å². The van der Waals surface area contributed by atoms with E-state index < -0.39 is 22.0 Å². The van der Waals surface area contributed by atoms with Gasteiger partial charge in [0.1, 0.15) is 19.3 Å². The summed E-state index contributed by atoms with van der Waals surface area (Å²) < 4.78 is 41.8. The van der Waals surface area contributed by atoms with Gasteiger partial charge in [0.2, 0.25) is 10.0 Å². The highest BCUT2D eigenvalue weighted by Crippen LogP contribution is 2.35. The number of hydrogen-bond acceptors (Lipinski definition) is 6. The molecule has 3 aromatic rings. The molecule has 34 heavy (non-hydrogen) atoms. The number of thiazole rings is 1. The molecule has 0 aliphatic carbocycles. The number of aromatic nitrogens is 1. The second-order valence-electron chi connectivity index (χ2n) is 7.93. The summed E-state index contributed by atoms with van der Waals surface area (Å²) >= 11 is 7.24. The number of allylic oxidation sites excluding steroid dienone is 1. The summed E-state index contributed by atoms with van der Waals surface area (Å²) in [6.07, 6.45) is 2.72. The van der Waals surface area contributed by atoms with E-state index in [2.05, 4.69) is 11.6 Å². The number of rotatable bonds is 5. The SMILES string of the molecule is C=CCn1c(=NC(=O)C2CCCN2S(=O)(=O)c2ccc(Cl)cc2)sc2cc3c(cc21)OCCO3. The quantitative estimate of drug-likeness (QED) is 0.480. The van der Waals surface area contributed by atoms with Crippen molar-refractivity contribution in [3.63, 3.8) is 0 Å². The molecule has 0 N–H and O–H groups in total. The molecule has 0 saturated carbocycles. The van der Waals surface area contributed by atoms with Gasteiger partial charge in [-0.15, -0.1) is 6.58 Å². The second kappa shape index (κ2) is 9.18. The standard InChI is InChI=1S/C23H22ClN3O5S2/c1-2-9-26-18-13-19-20(32-12-11-31-19)14-21(18)33-23(26)25-22(28)17-4-3-10-27(17)34(29,30)16-7-5-15(24)6-8-16/h2,5-8,13-14,17H,1,3-4,9-12H2. The summed E-state index contributed by atoms with van der Waals surface area (Å²) in [5.41, 5.74) is 0.845. The van der Waals surface area contributed by atoms with Crippen LogP contribution in [0.25, 0.3) is 10.2 Å². The Morgan fingerprint density at radius 2 is 1.91 bits per heavy atom. The minimum Gasteiger partial charge on any atom is -0.486 e. The largest absolute Gasteiger partial charge is 0.486 e. The average molecular weight is 520 g/mol. The average Bonchev–Trinajstić information content (AvgIpc) is 3.44. The molecule has 1 unspecified atom stereocenters. The maximum Gasteiger partial charge on any atom is 0.266 e. The number of ether oxygens (including phenoxy) is 2. The molecule has 2 aliphatic heterocycles. The van der Waals surface area contributed by atoms with Crippen LogP contribution in [0.3, 0.4) is 0 Å². The van der Waals surface area contributed by atoms with Gasteiger partial charge in [-0.25, -0.2) is 8.42 Å². The first-order valence-corrected chi connectivity index (χ1v) is 13.4. The fraction of sp³-hybridized carbons (Fsp3) is 0.304. The van der Waals surface area contributed by atoms with E-state index in [4.69, 9.17) is 21.1 Å². The van der Waals surface area contributed by atoms with E-state index in [0.717, 1.165) is 10.2 Å². The fourth-order valence-electron chi connectivity index (χ4n) is 4.18. The van der Waals surface area contributed by atoms with Gasteiger partial charge in [0, 0.05) is 30.2 Å². The number of fused-ring (bicyclic) bond motifs is 2. The highest BCUT2D eigenvalue weighted by Gasteiger charge is 2.39. The Balaban J connectivity index is 1.53. The lowest BCUT2D eigenvalue weighted by Gasteiger charge is -2.21. The molecule has 1 saturated heterocycles. The summed E-state index contributed by atoms with van der Waals surface area (Å²) in [5.74, 6) is 0.805. The molecule has 3 heterocycles. The van der Waals surface area contributed by atoms with Crippen molar-refractivity contribution in [3.05, 3.63) is 58.9 Å². The van der Waals surface area contributed by atoms with E-state index >= 15 is 0 Å². The molecule has 1 atom stereocenters. The Labute approximate surface area is 205 Å². The third-order valence-corrected chi connectivity index (χ3v) is 8.99. The van der Waals surface area contributed by atoms with Crippen molar-refractivity contribution in [3.8, 4) is 11.5 Å². The number of hydrogen-bond donors (Lipinski definition) is 0.